The van der Waals surface area contributed by atoms with Gasteiger partial charge in [0.15, 0.2) is 0 Å². The van der Waals surface area contributed by atoms with E-state index in [1.807, 2.05) is 0 Å². The summed E-state index contributed by atoms with van der Waals surface area (Å²) in [6.45, 7) is 1.11. The molecule has 226 valence electrons. The molecule has 6 N–H and O–H groups in total. The molecule has 5 rings (SSSR count). The number of amides is 1. The lowest BCUT2D eigenvalue weighted by Crippen LogP contribution is -2.55. The van der Waals surface area contributed by atoms with Gasteiger partial charge in [0.1, 0.15) is 11.6 Å². The van der Waals surface area contributed by atoms with Crippen molar-refractivity contribution in [1.29, 1.82) is 0 Å². The van der Waals surface area contributed by atoms with E-state index in [1.54, 1.807) is 10.4 Å². The van der Waals surface area contributed by atoms with Crippen LogP contribution in [0.3, 0.4) is 0 Å². The summed E-state index contributed by atoms with van der Waals surface area (Å²) in [6, 6.07) is 3.59. The Kier molecular flexibility index (Phi) is 9.85. The van der Waals surface area contributed by atoms with Crippen LogP contribution in [-0.4, -0.2) is 61.3 Å². The smallest absolute Gasteiger partial charge is 0.241 e. The highest BCUT2D eigenvalue weighted by atomic mass is 35.5. The molecule has 2 aliphatic heterocycles. The summed E-state index contributed by atoms with van der Waals surface area (Å²) >= 11 is 5.93. The number of fused-ring (bicyclic) bond motifs is 2. The van der Waals surface area contributed by atoms with Gasteiger partial charge in [-0.05, 0) is 62.1 Å². The number of rotatable bonds is 8. The Bertz CT molecular complexity index is 1230. The lowest BCUT2D eigenvalue weighted by atomic mass is 9.73. The second kappa shape index (κ2) is 13.2. The van der Waals surface area contributed by atoms with Crippen LogP contribution in [0, 0.1) is 17.6 Å². The molecule has 3 unspecified atom stereocenters. The Balaban J connectivity index is 1.33. The van der Waals surface area contributed by atoms with E-state index in [-0.39, 0.29) is 35.1 Å². The predicted molar refractivity (Wildman–Crippen MR) is 159 cm³/mol. The molecule has 1 saturated carbocycles. The van der Waals surface area contributed by atoms with Crippen LogP contribution in [-0.2, 0) is 11.2 Å². The molecule has 2 saturated heterocycles. The molecular formula is C29H40ClF2N5O3S. The Labute approximate surface area is 246 Å². The number of benzene rings is 1. The molecule has 3 fully saturated rings. The van der Waals surface area contributed by atoms with E-state index in [2.05, 4.69) is 15.6 Å². The number of halogens is 3. The number of hydrogen-bond acceptors (Lipinski definition) is 7. The van der Waals surface area contributed by atoms with Crippen LogP contribution in [0.25, 0.3) is 0 Å². The number of carbonyl (C=O) groups is 1. The van der Waals surface area contributed by atoms with E-state index in [0.29, 0.717) is 36.4 Å². The molecule has 1 amide bonds. The van der Waals surface area contributed by atoms with Gasteiger partial charge in [-0.1, -0.05) is 36.9 Å². The van der Waals surface area contributed by atoms with Crippen LogP contribution in [0.15, 0.2) is 30.6 Å². The summed E-state index contributed by atoms with van der Waals surface area (Å²) in [7, 11) is -2.88. The number of carbonyl (C=O) groups excluding carboxylic acids is 1. The van der Waals surface area contributed by atoms with E-state index in [0.717, 1.165) is 51.1 Å². The first kappa shape index (κ1) is 30.6. The van der Waals surface area contributed by atoms with Crippen LogP contribution in [0.4, 0.5) is 14.5 Å². The summed E-state index contributed by atoms with van der Waals surface area (Å²) < 4.78 is 52.8. The first-order valence-corrected chi connectivity index (χ1v) is 16.6. The zero-order valence-corrected chi connectivity index (χ0v) is 24.6. The van der Waals surface area contributed by atoms with E-state index >= 15 is 4.39 Å². The van der Waals surface area contributed by atoms with Gasteiger partial charge in [-0.2, -0.15) is 0 Å². The lowest BCUT2D eigenvalue weighted by molar-refractivity contribution is -0.118. The van der Waals surface area contributed by atoms with Crippen molar-refractivity contribution in [2.75, 3.05) is 24.2 Å². The maximum atomic E-state index is 15.1. The standard InChI is InChI=1S/C29H40ClF2N5O3S/c30-23-11-8-19(13-24(23)31)27(18-5-2-1-3-6-18)28(33)29(38)36-26-16-34-15-25(32)22(26)10-9-21-14-35-20-7-4-12-41(39,40)37(21)17-20/h8,11,13,15-16,18,20-21,27-28,35,39-40H,1-7,9-10,12,14,17,33H2,(H,36,38)/t20?,21?,27-,28-/m1/s1. The Morgan fingerprint density at radius 3 is 2.71 bits per heavy atom. The maximum Gasteiger partial charge on any atom is 0.241 e. The molecule has 8 nitrogen and oxygen atoms in total. The third-order valence-corrected chi connectivity index (χ3v) is 11.3. The number of nitrogens with two attached hydrogens (primary N) is 1. The molecule has 12 heteroatoms. The van der Waals surface area contributed by atoms with Crippen molar-refractivity contribution < 1.29 is 22.7 Å². The van der Waals surface area contributed by atoms with E-state index < -0.39 is 40.3 Å². The van der Waals surface area contributed by atoms with Gasteiger partial charge in [-0.15, -0.1) is 10.8 Å². The van der Waals surface area contributed by atoms with Gasteiger partial charge in [-0.25, -0.2) is 13.1 Å². The number of anilines is 1. The fourth-order valence-corrected chi connectivity index (χ4v) is 8.75. The van der Waals surface area contributed by atoms with Crippen molar-refractivity contribution in [3.63, 3.8) is 0 Å². The minimum absolute atomic E-state index is 0.00902. The number of nitrogens with one attached hydrogen (secondary N) is 2. The highest BCUT2D eigenvalue weighted by molar-refractivity contribution is 8.22. The van der Waals surface area contributed by atoms with Crippen molar-refractivity contribution >= 4 is 34.0 Å². The van der Waals surface area contributed by atoms with Crippen molar-refractivity contribution in [3.8, 4) is 0 Å². The second-order valence-electron chi connectivity index (χ2n) is 11.6. The molecule has 3 heterocycles. The highest BCUT2D eigenvalue weighted by Gasteiger charge is 2.38. The lowest BCUT2D eigenvalue weighted by Gasteiger charge is -2.49. The number of pyridine rings is 1. The van der Waals surface area contributed by atoms with Gasteiger partial charge in [0.05, 0.1) is 34.9 Å². The summed E-state index contributed by atoms with van der Waals surface area (Å²) in [4.78, 5) is 17.5. The number of nitrogens with zero attached hydrogens (tertiary/aromatic N) is 2. The van der Waals surface area contributed by atoms with E-state index in [9.17, 15) is 18.3 Å². The van der Waals surface area contributed by atoms with Gasteiger partial charge < -0.3 is 16.4 Å². The predicted octanol–water partition coefficient (Wildman–Crippen LogP) is 5.68. The van der Waals surface area contributed by atoms with Crippen molar-refractivity contribution in [2.45, 2.75) is 81.8 Å². The Morgan fingerprint density at radius 2 is 1.95 bits per heavy atom. The largest absolute Gasteiger partial charge is 0.323 e. The fourth-order valence-electron chi connectivity index (χ4n) is 6.77. The van der Waals surface area contributed by atoms with Gasteiger partial charge >= 0.3 is 0 Å². The van der Waals surface area contributed by atoms with Crippen molar-refractivity contribution in [3.05, 3.63) is 58.4 Å². The SMILES string of the molecule is N[C@@H](C(=O)Nc1cncc(F)c1CCC1CNC2CCCS(O)(O)N1C2)[C@@H](c1ccc(Cl)c(F)c1)C1CCCCC1. The van der Waals surface area contributed by atoms with Crippen LogP contribution < -0.4 is 16.4 Å². The Morgan fingerprint density at radius 1 is 1.17 bits per heavy atom. The minimum atomic E-state index is -2.88. The van der Waals surface area contributed by atoms with Gasteiger partial charge in [0.2, 0.25) is 5.91 Å². The average molecular weight is 612 g/mol. The third kappa shape index (κ3) is 7.04. The van der Waals surface area contributed by atoms with E-state index in [1.165, 1.54) is 18.3 Å². The topological polar surface area (TPSA) is 124 Å². The molecule has 1 aliphatic carbocycles. The van der Waals surface area contributed by atoms with Crippen molar-refractivity contribution in [1.82, 2.24) is 14.6 Å². The molecule has 1 aromatic carbocycles. The molecule has 3 aliphatic rings. The molecule has 0 radical (unpaired) electrons. The fraction of sp³-hybridized carbons (Fsp3) is 0.586. The highest BCUT2D eigenvalue weighted by Crippen LogP contribution is 2.49. The molecule has 1 aromatic heterocycles. The van der Waals surface area contributed by atoms with Gasteiger partial charge in [0.25, 0.3) is 0 Å². The van der Waals surface area contributed by atoms with Crippen LogP contribution in [0.1, 0.15) is 68.4 Å². The van der Waals surface area contributed by atoms with Crippen LogP contribution in [0.2, 0.25) is 5.02 Å². The van der Waals surface area contributed by atoms with Crippen LogP contribution in [0.5, 0.6) is 0 Å². The number of piperazine rings is 1. The average Bonchev–Trinajstić information content (AvgIpc) is 3.07. The normalized spacial score (nSPS) is 26.9. The first-order valence-electron chi connectivity index (χ1n) is 14.5. The summed E-state index contributed by atoms with van der Waals surface area (Å²) in [5.74, 6) is -1.59. The maximum absolute atomic E-state index is 15.1. The molecule has 5 atom stereocenters. The molecule has 0 spiro atoms. The summed E-state index contributed by atoms with van der Waals surface area (Å²) in [5.41, 5.74) is 7.74. The first-order chi connectivity index (χ1) is 19.6. The van der Waals surface area contributed by atoms with Crippen molar-refractivity contribution in [2.24, 2.45) is 11.7 Å². The quantitative estimate of drug-likeness (QED) is 0.260. The second-order valence-corrected chi connectivity index (χ2v) is 14.2. The molecular weight excluding hydrogens is 572 g/mol. The van der Waals surface area contributed by atoms with Gasteiger partial charge in [0, 0.05) is 36.7 Å². The van der Waals surface area contributed by atoms with Gasteiger partial charge in [-0.3, -0.25) is 18.9 Å². The number of hydrogen-bond donors (Lipinski definition) is 5. The minimum Gasteiger partial charge on any atom is -0.323 e. The molecule has 41 heavy (non-hydrogen) atoms. The summed E-state index contributed by atoms with van der Waals surface area (Å²) in [6.07, 6.45) is 9.78. The number of aromatic nitrogens is 1. The molecule has 2 bridgehead atoms. The van der Waals surface area contributed by atoms with E-state index in [4.69, 9.17) is 17.3 Å². The molecule has 2 aromatic rings. The zero-order valence-electron chi connectivity index (χ0n) is 23.1. The monoisotopic (exact) mass is 611 g/mol. The van der Waals surface area contributed by atoms with Crippen LogP contribution >= 0.6 is 22.4 Å². The summed E-state index contributed by atoms with van der Waals surface area (Å²) in [5, 5.41) is 6.30. The zero-order chi connectivity index (χ0) is 29.1. The Hall–Kier alpha value is -1.86. The third-order valence-electron chi connectivity index (χ3n) is 8.96.